The van der Waals surface area contributed by atoms with E-state index in [1.807, 2.05) is 42.2 Å². The minimum atomic E-state index is -5.08. The lowest BCUT2D eigenvalue weighted by atomic mass is 10.0. The molecule has 19 heteroatoms. The number of hydrogen-bond donors (Lipinski definition) is 5. The lowest BCUT2D eigenvalue weighted by molar-refractivity contribution is -0.193. The minimum Gasteiger partial charge on any atom is -0.475 e. The molecule has 0 saturated carbocycles. The SMILES string of the molecule is CCCC[C@@H](NC(=O)C(C)(C)N)C(=O)Nc1cn(C(C(=O)N2CCCC2)c2ccccc2)cn1.O=C(O)C(F)(F)F.O=C(O)C(F)(F)F. The number of aromatic nitrogens is 2. The quantitative estimate of drug-likeness (QED) is 0.230. The summed E-state index contributed by atoms with van der Waals surface area (Å²) in [4.78, 5) is 62.7. The first-order valence-corrected chi connectivity index (χ1v) is 14.5. The monoisotopic (exact) mass is 696 g/mol. The van der Waals surface area contributed by atoms with E-state index in [-0.39, 0.29) is 11.8 Å². The first kappa shape index (κ1) is 41.3. The van der Waals surface area contributed by atoms with Crippen molar-refractivity contribution in [2.24, 2.45) is 5.73 Å². The number of carboxylic acids is 2. The van der Waals surface area contributed by atoms with Crippen LogP contribution in [-0.2, 0) is 24.0 Å². The average molecular weight is 697 g/mol. The number of amides is 3. The Morgan fingerprint density at radius 1 is 0.938 bits per heavy atom. The number of imidazole rings is 1. The largest absolute Gasteiger partial charge is 0.490 e. The fourth-order valence-corrected chi connectivity index (χ4v) is 3.97. The van der Waals surface area contributed by atoms with Gasteiger partial charge in [-0.3, -0.25) is 14.4 Å². The highest BCUT2D eigenvalue weighted by molar-refractivity contribution is 5.98. The molecule has 268 valence electrons. The van der Waals surface area contributed by atoms with Crippen LogP contribution in [0.25, 0.3) is 0 Å². The number of rotatable bonds is 10. The van der Waals surface area contributed by atoms with Crippen LogP contribution in [-0.4, -0.2) is 91.3 Å². The molecule has 0 spiro atoms. The summed E-state index contributed by atoms with van der Waals surface area (Å²) >= 11 is 0. The number of carboxylic acid groups (broad SMARTS) is 2. The molecular formula is C29H38F6N6O7. The summed E-state index contributed by atoms with van der Waals surface area (Å²) in [6.07, 6.45) is -2.79. The predicted octanol–water partition coefficient (Wildman–Crippen LogP) is 3.71. The number of aliphatic carboxylic acids is 2. The van der Waals surface area contributed by atoms with Gasteiger partial charge in [-0.25, -0.2) is 14.6 Å². The Morgan fingerprint density at radius 3 is 1.88 bits per heavy atom. The van der Waals surface area contributed by atoms with Gasteiger partial charge in [0.05, 0.1) is 11.9 Å². The summed E-state index contributed by atoms with van der Waals surface area (Å²) in [6, 6.07) is 8.26. The van der Waals surface area contributed by atoms with Crippen LogP contribution in [0.1, 0.15) is 64.5 Å². The van der Waals surface area contributed by atoms with Gasteiger partial charge in [-0.15, -0.1) is 0 Å². The zero-order chi connectivity index (χ0) is 36.9. The number of hydrogen-bond acceptors (Lipinski definition) is 7. The topological polar surface area (TPSA) is 197 Å². The van der Waals surface area contributed by atoms with Gasteiger partial charge in [-0.2, -0.15) is 26.3 Å². The maximum Gasteiger partial charge on any atom is 0.490 e. The molecular weight excluding hydrogens is 658 g/mol. The summed E-state index contributed by atoms with van der Waals surface area (Å²) in [7, 11) is 0. The summed E-state index contributed by atoms with van der Waals surface area (Å²) in [5, 5.41) is 19.8. The first-order chi connectivity index (χ1) is 22.1. The molecule has 1 fully saturated rings. The second-order valence-corrected chi connectivity index (χ2v) is 11.0. The fourth-order valence-electron chi connectivity index (χ4n) is 3.97. The molecule has 48 heavy (non-hydrogen) atoms. The molecule has 1 saturated heterocycles. The Bertz CT molecular complexity index is 1350. The number of unbranched alkanes of at least 4 members (excludes halogenated alkanes) is 1. The van der Waals surface area contributed by atoms with Gasteiger partial charge >= 0.3 is 24.3 Å². The number of likely N-dealkylation sites (tertiary alicyclic amines) is 1. The van der Waals surface area contributed by atoms with E-state index in [2.05, 4.69) is 15.6 Å². The van der Waals surface area contributed by atoms with Gasteiger partial charge < -0.3 is 36.0 Å². The number of carbonyl (C=O) groups is 5. The van der Waals surface area contributed by atoms with Crippen LogP contribution >= 0.6 is 0 Å². The van der Waals surface area contributed by atoms with E-state index in [0.717, 1.165) is 44.3 Å². The summed E-state index contributed by atoms with van der Waals surface area (Å²) in [5.41, 5.74) is 5.65. The molecule has 1 aliphatic rings. The van der Waals surface area contributed by atoms with Crippen molar-refractivity contribution in [3.05, 3.63) is 48.4 Å². The smallest absolute Gasteiger partial charge is 0.475 e. The molecule has 1 aromatic heterocycles. The minimum absolute atomic E-state index is 0.0113. The van der Waals surface area contributed by atoms with E-state index in [1.165, 1.54) is 0 Å². The van der Waals surface area contributed by atoms with E-state index in [4.69, 9.17) is 25.5 Å². The Labute approximate surface area is 271 Å². The Balaban J connectivity index is 0.000000687. The molecule has 6 N–H and O–H groups in total. The molecule has 2 atom stereocenters. The molecule has 3 rings (SSSR count). The van der Waals surface area contributed by atoms with Crippen molar-refractivity contribution >= 4 is 35.5 Å². The highest BCUT2D eigenvalue weighted by Crippen LogP contribution is 2.25. The number of alkyl halides is 6. The molecule has 3 amide bonds. The normalized spacial score (nSPS) is 14.3. The van der Waals surface area contributed by atoms with Crippen molar-refractivity contribution in [1.82, 2.24) is 19.8 Å². The van der Waals surface area contributed by atoms with Crippen molar-refractivity contribution < 1.29 is 60.5 Å². The van der Waals surface area contributed by atoms with Crippen LogP contribution in [0.5, 0.6) is 0 Å². The van der Waals surface area contributed by atoms with Crippen LogP contribution < -0.4 is 16.4 Å². The van der Waals surface area contributed by atoms with E-state index < -0.39 is 47.8 Å². The number of carbonyl (C=O) groups excluding carboxylic acids is 3. The van der Waals surface area contributed by atoms with Gasteiger partial charge in [0.2, 0.25) is 17.7 Å². The summed E-state index contributed by atoms with van der Waals surface area (Å²) in [5.74, 6) is -5.94. The molecule has 1 aromatic carbocycles. The second kappa shape index (κ2) is 18.0. The Morgan fingerprint density at radius 2 is 1.44 bits per heavy atom. The predicted molar refractivity (Wildman–Crippen MR) is 158 cm³/mol. The molecule has 13 nitrogen and oxygen atoms in total. The number of nitrogens with one attached hydrogen (secondary N) is 2. The molecule has 1 aliphatic heterocycles. The Kier molecular flexibility index (Phi) is 15.5. The van der Waals surface area contributed by atoms with Crippen LogP contribution in [0.3, 0.4) is 0 Å². The van der Waals surface area contributed by atoms with Crippen LogP contribution in [0.4, 0.5) is 32.2 Å². The van der Waals surface area contributed by atoms with E-state index >= 15 is 0 Å². The standard InChI is InChI=1S/C25H36N6O3.2C2HF3O2/c1-4-5-13-19(28-24(34)25(2,3)26)22(32)29-20-16-31(17-27-20)21(18-11-7-6-8-12-18)23(33)30-14-9-10-15-30;2*3-2(4,5)1(6)7/h6-8,11-12,16-17,19,21H,4-5,9-10,13-15,26H2,1-3H3,(H,28,34)(H,29,32);2*(H,6,7)/t19-,21?;;/m1../s1. The fraction of sp³-hybridized carbons (Fsp3) is 0.517. The molecule has 2 heterocycles. The van der Waals surface area contributed by atoms with Gasteiger partial charge in [0, 0.05) is 19.3 Å². The highest BCUT2D eigenvalue weighted by Gasteiger charge is 2.39. The molecule has 0 radical (unpaired) electrons. The third kappa shape index (κ3) is 14.0. The molecule has 1 unspecified atom stereocenters. The van der Waals surface area contributed by atoms with Gasteiger partial charge in [0.15, 0.2) is 5.82 Å². The highest BCUT2D eigenvalue weighted by atomic mass is 19.4. The number of nitrogens with two attached hydrogens (primary N) is 1. The van der Waals surface area contributed by atoms with E-state index in [1.54, 1.807) is 30.9 Å². The zero-order valence-corrected chi connectivity index (χ0v) is 26.3. The van der Waals surface area contributed by atoms with Crippen LogP contribution in [0, 0.1) is 0 Å². The Hall–Kier alpha value is -4.68. The zero-order valence-electron chi connectivity index (χ0n) is 26.3. The maximum atomic E-state index is 13.4. The van der Waals surface area contributed by atoms with Gasteiger partial charge in [-0.05, 0) is 38.7 Å². The van der Waals surface area contributed by atoms with Gasteiger partial charge in [0.1, 0.15) is 12.1 Å². The maximum absolute atomic E-state index is 13.4. The van der Waals surface area contributed by atoms with Gasteiger partial charge in [0.25, 0.3) is 0 Å². The van der Waals surface area contributed by atoms with E-state index in [0.29, 0.717) is 12.2 Å². The first-order valence-electron chi connectivity index (χ1n) is 14.5. The van der Waals surface area contributed by atoms with Crippen molar-refractivity contribution in [2.45, 2.75) is 82.9 Å². The second-order valence-electron chi connectivity index (χ2n) is 11.0. The lowest BCUT2D eigenvalue weighted by Gasteiger charge is -2.24. The number of halogens is 6. The summed E-state index contributed by atoms with van der Waals surface area (Å²) in [6.45, 7) is 6.71. The van der Waals surface area contributed by atoms with Crippen LogP contribution in [0.2, 0.25) is 0 Å². The molecule has 2 aromatic rings. The number of anilines is 1. The molecule has 0 bridgehead atoms. The van der Waals surface area contributed by atoms with Crippen molar-refractivity contribution in [3.63, 3.8) is 0 Å². The third-order valence-electron chi connectivity index (χ3n) is 6.46. The van der Waals surface area contributed by atoms with E-state index in [9.17, 15) is 40.7 Å². The molecule has 0 aliphatic carbocycles. The van der Waals surface area contributed by atoms with Gasteiger partial charge in [-0.1, -0.05) is 50.1 Å². The van der Waals surface area contributed by atoms with Crippen molar-refractivity contribution in [2.75, 3.05) is 18.4 Å². The average Bonchev–Trinajstić information content (AvgIpc) is 3.68. The van der Waals surface area contributed by atoms with Crippen molar-refractivity contribution in [1.29, 1.82) is 0 Å². The summed E-state index contributed by atoms with van der Waals surface area (Å²) < 4.78 is 65.2. The third-order valence-corrected chi connectivity index (χ3v) is 6.46. The number of nitrogens with zero attached hydrogens (tertiary/aromatic N) is 3. The van der Waals surface area contributed by atoms with Crippen LogP contribution in [0.15, 0.2) is 42.9 Å². The van der Waals surface area contributed by atoms with Crippen molar-refractivity contribution in [3.8, 4) is 0 Å². The lowest BCUT2D eigenvalue weighted by Crippen LogP contribution is -2.54. The number of benzene rings is 1.